The predicted octanol–water partition coefficient (Wildman–Crippen LogP) is 3.71. The molecule has 22 heavy (non-hydrogen) atoms. The number of ketones is 1. The van der Waals surface area contributed by atoms with Crippen LogP contribution in [0, 0.1) is 0 Å². The molecule has 1 heterocycles. The molecule has 0 radical (unpaired) electrons. The predicted molar refractivity (Wildman–Crippen MR) is 89.5 cm³/mol. The second-order valence-electron chi connectivity index (χ2n) is 4.73. The summed E-state index contributed by atoms with van der Waals surface area (Å²) in [5.74, 6) is -1.18. The zero-order valence-electron chi connectivity index (χ0n) is 11.9. The van der Waals surface area contributed by atoms with E-state index in [0.717, 1.165) is 15.8 Å². The maximum absolute atomic E-state index is 12.4. The third kappa shape index (κ3) is 2.63. The number of aromatic amines is 1. The van der Waals surface area contributed by atoms with E-state index in [4.69, 9.17) is 0 Å². The fourth-order valence-electron chi connectivity index (χ4n) is 2.31. The van der Waals surface area contributed by atoms with Crippen molar-refractivity contribution >= 4 is 40.0 Å². The molecule has 3 rings (SSSR count). The van der Waals surface area contributed by atoms with Gasteiger partial charge in [0.2, 0.25) is 0 Å². The number of Topliss-reactive ketones (excluding diaryl/α,β-unsaturated/α-hetero) is 1. The number of hydrogen-bond donors (Lipinski definition) is 2. The van der Waals surface area contributed by atoms with E-state index < -0.39 is 11.7 Å². The normalized spacial score (nSPS) is 10.6. The molecule has 0 unspecified atom stereocenters. The van der Waals surface area contributed by atoms with E-state index in [0.29, 0.717) is 11.3 Å². The number of anilines is 1. The standard InChI is InChI=1S/C17H14N2O2S/c1-22-15-9-5-4-8-14(15)19-17(21)16(20)12-10-18-13-7-3-2-6-11(12)13/h2-10,18H,1H3,(H,19,21). The Hall–Kier alpha value is -2.53. The summed E-state index contributed by atoms with van der Waals surface area (Å²) < 4.78 is 0. The molecule has 3 aromatic rings. The SMILES string of the molecule is CSc1ccccc1NC(=O)C(=O)c1c[nH]c2ccccc12. The van der Waals surface area contributed by atoms with Gasteiger partial charge in [0.1, 0.15) is 0 Å². The highest BCUT2D eigenvalue weighted by Gasteiger charge is 2.20. The minimum Gasteiger partial charge on any atom is -0.360 e. The van der Waals surface area contributed by atoms with Gasteiger partial charge < -0.3 is 10.3 Å². The fraction of sp³-hybridized carbons (Fsp3) is 0.0588. The summed E-state index contributed by atoms with van der Waals surface area (Å²) in [4.78, 5) is 28.5. The highest BCUT2D eigenvalue weighted by Crippen LogP contribution is 2.25. The van der Waals surface area contributed by atoms with E-state index in [1.807, 2.05) is 48.7 Å². The van der Waals surface area contributed by atoms with Gasteiger partial charge in [-0.25, -0.2) is 0 Å². The largest absolute Gasteiger partial charge is 0.360 e. The summed E-state index contributed by atoms with van der Waals surface area (Å²) in [5.41, 5.74) is 1.87. The molecule has 0 atom stereocenters. The molecule has 2 aromatic carbocycles. The van der Waals surface area contributed by atoms with E-state index in [-0.39, 0.29) is 0 Å². The first-order chi connectivity index (χ1) is 10.7. The Morgan fingerprint density at radius 1 is 1.05 bits per heavy atom. The number of H-pyrrole nitrogens is 1. The maximum atomic E-state index is 12.4. The van der Waals surface area contributed by atoms with Crippen molar-refractivity contribution in [2.24, 2.45) is 0 Å². The Balaban J connectivity index is 1.87. The summed E-state index contributed by atoms with van der Waals surface area (Å²) in [5, 5.41) is 3.44. The zero-order valence-corrected chi connectivity index (χ0v) is 12.7. The van der Waals surface area contributed by atoms with Crippen LogP contribution in [0.15, 0.2) is 59.6 Å². The maximum Gasteiger partial charge on any atom is 0.296 e. The van der Waals surface area contributed by atoms with Crippen molar-refractivity contribution in [2.45, 2.75) is 4.90 Å². The molecular weight excluding hydrogens is 296 g/mol. The number of carbonyl (C=O) groups is 2. The van der Waals surface area contributed by atoms with Crippen molar-refractivity contribution in [1.29, 1.82) is 0 Å². The number of fused-ring (bicyclic) bond motifs is 1. The van der Waals surface area contributed by atoms with Gasteiger partial charge in [0.15, 0.2) is 0 Å². The van der Waals surface area contributed by atoms with Gasteiger partial charge in [-0.3, -0.25) is 9.59 Å². The van der Waals surface area contributed by atoms with Crippen molar-refractivity contribution in [3.05, 3.63) is 60.3 Å². The van der Waals surface area contributed by atoms with Crippen molar-refractivity contribution in [3.63, 3.8) is 0 Å². The lowest BCUT2D eigenvalue weighted by molar-refractivity contribution is -0.112. The highest BCUT2D eigenvalue weighted by atomic mass is 32.2. The first kappa shape index (κ1) is 14.4. The molecule has 0 spiro atoms. The van der Waals surface area contributed by atoms with Crippen LogP contribution >= 0.6 is 11.8 Å². The molecule has 0 saturated carbocycles. The number of nitrogens with one attached hydrogen (secondary N) is 2. The third-order valence-electron chi connectivity index (χ3n) is 3.40. The smallest absolute Gasteiger partial charge is 0.296 e. The van der Waals surface area contributed by atoms with Gasteiger partial charge in [0.05, 0.1) is 11.3 Å². The Labute approximate surface area is 131 Å². The molecular formula is C17H14N2O2S. The lowest BCUT2D eigenvalue weighted by atomic mass is 10.1. The van der Waals surface area contributed by atoms with E-state index in [2.05, 4.69) is 10.3 Å². The first-order valence-electron chi connectivity index (χ1n) is 6.75. The topological polar surface area (TPSA) is 62.0 Å². The second kappa shape index (κ2) is 6.07. The van der Waals surface area contributed by atoms with Crippen LogP contribution in [0.2, 0.25) is 0 Å². The number of hydrogen-bond acceptors (Lipinski definition) is 3. The van der Waals surface area contributed by atoms with E-state index in [1.165, 1.54) is 11.8 Å². The zero-order chi connectivity index (χ0) is 15.5. The van der Waals surface area contributed by atoms with Crippen LogP contribution in [0.4, 0.5) is 5.69 Å². The minimum atomic E-state index is -0.633. The molecule has 0 saturated heterocycles. The van der Waals surface area contributed by atoms with Gasteiger partial charge in [-0.15, -0.1) is 11.8 Å². The van der Waals surface area contributed by atoms with Crippen molar-refractivity contribution < 1.29 is 9.59 Å². The number of aromatic nitrogens is 1. The molecule has 5 heteroatoms. The van der Waals surface area contributed by atoms with E-state index in [1.54, 1.807) is 12.3 Å². The molecule has 2 N–H and O–H groups in total. The Bertz CT molecular complexity index is 854. The van der Waals surface area contributed by atoms with Gasteiger partial charge in [0, 0.05) is 22.0 Å². The first-order valence-corrected chi connectivity index (χ1v) is 7.98. The molecule has 1 amide bonds. The molecule has 4 nitrogen and oxygen atoms in total. The monoisotopic (exact) mass is 310 g/mol. The summed E-state index contributed by atoms with van der Waals surface area (Å²) in [6.07, 6.45) is 3.50. The summed E-state index contributed by atoms with van der Waals surface area (Å²) in [7, 11) is 0. The Morgan fingerprint density at radius 3 is 2.59 bits per heavy atom. The lowest BCUT2D eigenvalue weighted by Crippen LogP contribution is -2.23. The minimum absolute atomic E-state index is 0.384. The number of amides is 1. The van der Waals surface area contributed by atoms with Crippen molar-refractivity contribution in [1.82, 2.24) is 4.98 Å². The number of benzene rings is 2. The fourth-order valence-corrected chi connectivity index (χ4v) is 2.86. The van der Waals surface area contributed by atoms with Crippen LogP contribution in [0.25, 0.3) is 10.9 Å². The third-order valence-corrected chi connectivity index (χ3v) is 4.19. The molecule has 0 fully saturated rings. The molecule has 1 aromatic heterocycles. The summed E-state index contributed by atoms with van der Waals surface area (Å²) in [6, 6.07) is 14.8. The molecule has 0 aliphatic carbocycles. The molecule has 0 aliphatic heterocycles. The molecule has 0 aliphatic rings. The number of para-hydroxylation sites is 2. The van der Waals surface area contributed by atoms with Gasteiger partial charge in [-0.2, -0.15) is 0 Å². The lowest BCUT2D eigenvalue weighted by Gasteiger charge is -2.08. The van der Waals surface area contributed by atoms with Crippen LogP contribution in [0.1, 0.15) is 10.4 Å². The highest BCUT2D eigenvalue weighted by molar-refractivity contribution is 7.98. The number of carbonyl (C=O) groups excluding carboxylic acids is 2. The summed E-state index contributed by atoms with van der Waals surface area (Å²) in [6.45, 7) is 0. The van der Waals surface area contributed by atoms with Crippen LogP contribution in [0.5, 0.6) is 0 Å². The molecule has 0 bridgehead atoms. The van der Waals surface area contributed by atoms with Gasteiger partial charge >= 0.3 is 0 Å². The van der Waals surface area contributed by atoms with Crippen LogP contribution in [-0.4, -0.2) is 22.9 Å². The van der Waals surface area contributed by atoms with Crippen molar-refractivity contribution in [3.8, 4) is 0 Å². The number of thioether (sulfide) groups is 1. The second-order valence-corrected chi connectivity index (χ2v) is 5.58. The summed E-state index contributed by atoms with van der Waals surface area (Å²) >= 11 is 1.52. The molecule has 110 valence electrons. The average molecular weight is 310 g/mol. The quantitative estimate of drug-likeness (QED) is 0.439. The Morgan fingerprint density at radius 2 is 1.77 bits per heavy atom. The van der Waals surface area contributed by atoms with Gasteiger partial charge in [0.25, 0.3) is 11.7 Å². The van der Waals surface area contributed by atoms with E-state index in [9.17, 15) is 9.59 Å². The van der Waals surface area contributed by atoms with E-state index >= 15 is 0 Å². The van der Waals surface area contributed by atoms with Crippen LogP contribution in [-0.2, 0) is 4.79 Å². The Kier molecular flexibility index (Phi) is 3.98. The average Bonchev–Trinajstić information content (AvgIpc) is 2.98. The van der Waals surface area contributed by atoms with Crippen LogP contribution < -0.4 is 5.32 Å². The number of rotatable bonds is 4. The van der Waals surface area contributed by atoms with Gasteiger partial charge in [-0.05, 0) is 24.5 Å². The van der Waals surface area contributed by atoms with Crippen LogP contribution in [0.3, 0.4) is 0 Å². The van der Waals surface area contributed by atoms with Crippen molar-refractivity contribution in [2.75, 3.05) is 11.6 Å². The van der Waals surface area contributed by atoms with Gasteiger partial charge in [-0.1, -0.05) is 30.3 Å².